The minimum atomic E-state index is 0.731. The molecule has 0 aromatic heterocycles. The Kier molecular flexibility index (Phi) is 8.67. The minimum absolute atomic E-state index is 0.731. The van der Waals surface area contributed by atoms with E-state index in [9.17, 15) is 0 Å². The van der Waals surface area contributed by atoms with E-state index < -0.39 is 0 Å². The molecule has 1 fully saturated rings. The number of guanidine groups is 1. The van der Waals surface area contributed by atoms with Gasteiger partial charge in [0.2, 0.25) is 0 Å². The number of nitrogens with one attached hydrogen (secondary N) is 1. The lowest BCUT2D eigenvalue weighted by Gasteiger charge is -2.21. The number of ether oxygens (including phenoxy) is 1. The van der Waals surface area contributed by atoms with Crippen molar-refractivity contribution in [3.05, 3.63) is 35.9 Å². The van der Waals surface area contributed by atoms with Gasteiger partial charge < -0.3 is 15.0 Å². The van der Waals surface area contributed by atoms with Crippen molar-refractivity contribution < 1.29 is 4.74 Å². The molecular weight excluding hydrogens is 298 g/mol. The molecule has 1 aromatic rings. The smallest absolute Gasteiger partial charge is 0.193 e. The molecular formula is C20H33N3O. The molecule has 1 saturated heterocycles. The molecule has 134 valence electrons. The third-order valence-electron chi connectivity index (χ3n) is 4.45. The van der Waals surface area contributed by atoms with Gasteiger partial charge in [0.05, 0.1) is 0 Å². The summed E-state index contributed by atoms with van der Waals surface area (Å²) in [6.07, 6.45) is 4.61. The van der Waals surface area contributed by atoms with Crippen molar-refractivity contribution in [2.75, 3.05) is 39.4 Å². The van der Waals surface area contributed by atoms with Crippen LogP contribution in [0.1, 0.15) is 38.7 Å². The molecule has 0 radical (unpaired) electrons. The second-order valence-corrected chi connectivity index (χ2v) is 6.43. The van der Waals surface area contributed by atoms with E-state index in [0.29, 0.717) is 0 Å². The average molecular weight is 332 g/mol. The van der Waals surface area contributed by atoms with E-state index in [1.807, 2.05) is 6.92 Å². The topological polar surface area (TPSA) is 36.9 Å². The number of hydrogen-bond donors (Lipinski definition) is 1. The molecule has 0 saturated carbocycles. The molecule has 1 heterocycles. The summed E-state index contributed by atoms with van der Waals surface area (Å²) in [5.74, 6) is 1.82. The van der Waals surface area contributed by atoms with Crippen molar-refractivity contribution in [1.82, 2.24) is 10.2 Å². The third-order valence-corrected chi connectivity index (χ3v) is 4.45. The zero-order valence-electron chi connectivity index (χ0n) is 15.3. The SMILES string of the molecule is CCNC(=NCCCCOCC)N1CCC(Cc2ccccc2)C1. The fourth-order valence-corrected chi connectivity index (χ4v) is 3.21. The van der Waals surface area contributed by atoms with E-state index in [4.69, 9.17) is 9.73 Å². The lowest BCUT2D eigenvalue weighted by molar-refractivity contribution is 0.144. The molecule has 1 aromatic carbocycles. The van der Waals surface area contributed by atoms with Gasteiger partial charge >= 0.3 is 0 Å². The fourth-order valence-electron chi connectivity index (χ4n) is 3.21. The summed E-state index contributed by atoms with van der Waals surface area (Å²) in [6.45, 7) is 9.88. The van der Waals surface area contributed by atoms with Gasteiger partial charge in [0.1, 0.15) is 0 Å². The van der Waals surface area contributed by atoms with Gasteiger partial charge in [-0.2, -0.15) is 0 Å². The molecule has 1 aliphatic heterocycles. The van der Waals surface area contributed by atoms with Gasteiger partial charge in [-0.25, -0.2) is 0 Å². The maximum Gasteiger partial charge on any atom is 0.193 e. The lowest BCUT2D eigenvalue weighted by Crippen LogP contribution is -2.40. The van der Waals surface area contributed by atoms with Crippen molar-refractivity contribution in [2.24, 2.45) is 10.9 Å². The van der Waals surface area contributed by atoms with Gasteiger partial charge in [0, 0.05) is 39.4 Å². The number of benzene rings is 1. The third kappa shape index (κ3) is 6.52. The van der Waals surface area contributed by atoms with Crippen molar-refractivity contribution >= 4 is 5.96 Å². The van der Waals surface area contributed by atoms with E-state index in [0.717, 1.165) is 64.1 Å². The minimum Gasteiger partial charge on any atom is -0.382 e. The Morgan fingerprint density at radius 3 is 2.83 bits per heavy atom. The molecule has 0 aliphatic carbocycles. The summed E-state index contributed by atoms with van der Waals surface area (Å²) in [7, 11) is 0. The highest BCUT2D eigenvalue weighted by molar-refractivity contribution is 5.80. The van der Waals surface area contributed by atoms with Gasteiger partial charge in [-0.3, -0.25) is 4.99 Å². The van der Waals surface area contributed by atoms with Crippen LogP contribution in [-0.4, -0.2) is 50.3 Å². The number of hydrogen-bond acceptors (Lipinski definition) is 2. The highest BCUT2D eigenvalue weighted by atomic mass is 16.5. The van der Waals surface area contributed by atoms with Crippen LogP contribution in [0.5, 0.6) is 0 Å². The van der Waals surface area contributed by atoms with Gasteiger partial charge in [-0.05, 0) is 51.0 Å². The van der Waals surface area contributed by atoms with Crippen LogP contribution in [0, 0.1) is 5.92 Å². The van der Waals surface area contributed by atoms with Crippen LogP contribution >= 0.6 is 0 Å². The number of likely N-dealkylation sites (tertiary alicyclic amines) is 1. The average Bonchev–Trinajstić information content (AvgIpc) is 3.06. The van der Waals surface area contributed by atoms with Gasteiger partial charge in [0.25, 0.3) is 0 Å². The predicted molar refractivity (Wildman–Crippen MR) is 102 cm³/mol. The molecule has 1 N–H and O–H groups in total. The van der Waals surface area contributed by atoms with Crippen LogP contribution in [0.15, 0.2) is 35.3 Å². The highest BCUT2D eigenvalue weighted by Gasteiger charge is 2.24. The summed E-state index contributed by atoms with van der Waals surface area (Å²) in [4.78, 5) is 7.24. The molecule has 1 atom stereocenters. The summed E-state index contributed by atoms with van der Waals surface area (Å²) in [5, 5.41) is 3.46. The number of unbranched alkanes of at least 4 members (excludes halogenated alkanes) is 1. The molecule has 0 amide bonds. The first-order chi connectivity index (χ1) is 11.8. The Hall–Kier alpha value is -1.55. The largest absolute Gasteiger partial charge is 0.382 e. The zero-order chi connectivity index (χ0) is 17.0. The van der Waals surface area contributed by atoms with Crippen molar-refractivity contribution in [3.63, 3.8) is 0 Å². The van der Waals surface area contributed by atoms with Crippen LogP contribution in [0.4, 0.5) is 0 Å². The van der Waals surface area contributed by atoms with Crippen molar-refractivity contribution in [1.29, 1.82) is 0 Å². The van der Waals surface area contributed by atoms with E-state index in [2.05, 4.69) is 47.5 Å². The van der Waals surface area contributed by atoms with Gasteiger partial charge in [-0.15, -0.1) is 0 Å². The van der Waals surface area contributed by atoms with Crippen LogP contribution in [0.3, 0.4) is 0 Å². The Morgan fingerprint density at radius 2 is 2.08 bits per heavy atom. The lowest BCUT2D eigenvalue weighted by atomic mass is 9.99. The Bertz CT molecular complexity index is 475. The molecule has 4 heteroatoms. The first-order valence-electron chi connectivity index (χ1n) is 9.48. The number of rotatable bonds is 9. The van der Waals surface area contributed by atoms with Crippen LogP contribution in [0.25, 0.3) is 0 Å². The molecule has 24 heavy (non-hydrogen) atoms. The summed E-state index contributed by atoms with van der Waals surface area (Å²) < 4.78 is 5.38. The summed E-state index contributed by atoms with van der Waals surface area (Å²) >= 11 is 0. The van der Waals surface area contributed by atoms with E-state index in [1.165, 1.54) is 18.4 Å². The predicted octanol–water partition coefficient (Wildman–Crippen LogP) is 3.33. The van der Waals surface area contributed by atoms with Gasteiger partial charge in [0.15, 0.2) is 5.96 Å². The van der Waals surface area contributed by atoms with E-state index >= 15 is 0 Å². The standard InChI is InChI=1S/C20H33N3O/c1-3-21-20(22-13-8-9-15-24-4-2)23-14-12-19(17-23)16-18-10-6-5-7-11-18/h5-7,10-11,19H,3-4,8-9,12-17H2,1-2H3,(H,21,22). The van der Waals surface area contributed by atoms with Crippen LogP contribution in [0.2, 0.25) is 0 Å². The molecule has 2 rings (SSSR count). The summed E-state index contributed by atoms with van der Waals surface area (Å²) in [6, 6.07) is 10.8. The monoisotopic (exact) mass is 331 g/mol. The normalized spacial score (nSPS) is 18.2. The quantitative estimate of drug-likeness (QED) is 0.428. The van der Waals surface area contributed by atoms with E-state index in [1.54, 1.807) is 0 Å². The fraction of sp³-hybridized carbons (Fsp3) is 0.650. The Morgan fingerprint density at radius 1 is 1.25 bits per heavy atom. The number of aliphatic imine (C=N–C) groups is 1. The summed E-state index contributed by atoms with van der Waals surface area (Å²) in [5.41, 5.74) is 1.45. The molecule has 0 bridgehead atoms. The Labute approximate surface area is 147 Å². The van der Waals surface area contributed by atoms with Crippen LogP contribution < -0.4 is 5.32 Å². The second-order valence-electron chi connectivity index (χ2n) is 6.43. The van der Waals surface area contributed by atoms with Gasteiger partial charge in [-0.1, -0.05) is 30.3 Å². The second kappa shape index (κ2) is 11.1. The van der Waals surface area contributed by atoms with Crippen molar-refractivity contribution in [3.8, 4) is 0 Å². The molecule has 0 spiro atoms. The first kappa shape index (κ1) is 18.8. The maximum absolute atomic E-state index is 5.38. The van der Waals surface area contributed by atoms with Crippen molar-refractivity contribution in [2.45, 2.75) is 39.5 Å². The van der Waals surface area contributed by atoms with E-state index in [-0.39, 0.29) is 0 Å². The molecule has 1 aliphatic rings. The number of nitrogens with zero attached hydrogens (tertiary/aromatic N) is 2. The maximum atomic E-state index is 5.38. The molecule has 1 unspecified atom stereocenters. The zero-order valence-corrected chi connectivity index (χ0v) is 15.3. The molecule has 4 nitrogen and oxygen atoms in total. The highest BCUT2D eigenvalue weighted by Crippen LogP contribution is 2.20. The van der Waals surface area contributed by atoms with Crippen LogP contribution in [-0.2, 0) is 11.2 Å². The Balaban J connectivity index is 1.78. The first-order valence-corrected chi connectivity index (χ1v) is 9.48.